The third-order valence-corrected chi connectivity index (χ3v) is 7.14. The zero-order valence-electron chi connectivity index (χ0n) is 22.5. The summed E-state index contributed by atoms with van der Waals surface area (Å²) < 4.78 is 5.68. The molecule has 0 bridgehead atoms. The minimum atomic E-state index is -0.649. The number of benzene rings is 3. The fourth-order valence-electron chi connectivity index (χ4n) is 5.48. The zero-order chi connectivity index (χ0) is 26.8. The van der Waals surface area contributed by atoms with Gasteiger partial charge in [0, 0.05) is 33.4 Å². The maximum absolute atomic E-state index is 14.0. The molecule has 0 saturated heterocycles. The van der Waals surface area contributed by atoms with Gasteiger partial charge in [-0.25, -0.2) is 0 Å². The number of H-pyrrole nitrogens is 1. The van der Waals surface area contributed by atoms with Crippen molar-refractivity contribution in [2.75, 3.05) is 11.9 Å². The predicted molar refractivity (Wildman–Crippen MR) is 152 cm³/mol. The van der Waals surface area contributed by atoms with E-state index in [-0.39, 0.29) is 23.8 Å². The molecule has 0 saturated carbocycles. The molecule has 6 nitrogen and oxygen atoms in total. The van der Waals surface area contributed by atoms with E-state index in [0.717, 1.165) is 39.9 Å². The van der Waals surface area contributed by atoms with Gasteiger partial charge >= 0.3 is 0 Å². The van der Waals surface area contributed by atoms with Crippen LogP contribution < -0.4 is 10.1 Å². The largest absolute Gasteiger partial charge is 0.494 e. The van der Waals surface area contributed by atoms with Crippen LogP contribution in [0.1, 0.15) is 66.8 Å². The van der Waals surface area contributed by atoms with E-state index in [1.54, 1.807) is 4.90 Å². The molecule has 2 atom stereocenters. The number of carbonyl (C=O) groups is 2. The van der Waals surface area contributed by atoms with Crippen molar-refractivity contribution in [2.45, 2.75) is 52.6 Å². The molecule has 2 N–H and O–H groups in total. The third-order valence-electron chi connectivity index (χ3n) is 7.14. The number of para-hydroxylation sites is 1. The summed E-state index contributed by atoms with van der Waals surface area (Å²) in [7, 11) is 0. The average molecular weight is 510 g/mol. The summed E-state index contributed by atoms with van der Waals surface area (Å²) in [5, 5.41) is 4.14. The second-order valence-corrected chi connectivity index (χ2v) is 10.4. The molecule has 1 aromatic heterocycles. The Labute approximate surface area is 224 Å². The first-order chi connectivity index (χ1) is 18.4. The number of anilines is 1. The predicted octanol–water partition coefficient (Wildman–Crippen LogP) is 6.86. The van der Waals surface area contributed by atoms with Crippen LogP contribution in [-0.2, 0) is 4.79 Å². The molecule has 1 aliphatic heterocycles. The van der Waals surface area contributed by atoms with Crippen LogP contribution in [0.4, 0.5) is 5.69 Å². The number of aromatic nitrogens is 1. The molecule has 0 fully saturated rings. The molecule has 196 valence electrons. The van der Waals surface area contributed by atoms with E-state index in [4.69, 9.17) is 4.74 Å². The topological polar surface area (TPSA) is 74.4 Å². The summed E-state index contributed by atoms with van der Waals surface area (Å²) in [6.45, 7) is 8.92. The normalized spacial score (nSPS) is 15.7. The molecule has 0 spiro atoms. The first kappa shape index (κ1) is 25.6. The number of fused-ring (bicyclic) bond motifs is 2. The van der Waals surface area contributed by atoms with E-state index in [9.17, 15) is 9.59 Å². The van der Waals surface area contributed by atoms with E-state index in [1.807, 2.05) is 73.7 Å². The monoisotopic (exact) mass is 509 g/mol. The molecule has 2 heterocycles. The van der Waals surface area contributed by atoms with Crippen molar-refractivity contribution in [3.05, 3.63) is 95.2 Å². The second kappa shape index (κ2) is 10.7. The van der Waals surface area contributed by atoms with Crippen LogP contribution in [0.2, 0.25) is 0 Å². The van der Waals surface area contributed by atoms with Gasteiger partial charge in [-0.1, -0.05) is 57.2 Å². The van der Waals surface area contributed by atoms with Crippen molar-refractivity contribution in [3.8, 4) is 5.75 Å². The molecule has 2 unspecified atom stereocenters. The number of ether oxygens (including phenoxy) is 1. The van der Waals surface area contributed by atoms with Crippen molar-refractivity contribution in [1.29, 1.82) is 0 Å². The second-order valence-electron chi connectivity index (χ2n) is 10.4. The van der Waals surface area contributed by atoms with Gasteiger partial charge in [0.25, 0.3) is 5.91 Å². The van der Waals surface area contributed by atoms with E-state index >= 15 is 0 Å². The average Bonchev–Trinajstić information content (AvgIpc) is 3.39. The van der Waals surface area contributed by atoms with Crippen LogP contribution in [0, 0.1) is 12.8 Å². The highest BCUT2D eigenvalue weighted by Gasteiger charge is 2.45. The summed E-state index contributed by atoms with van der Waals surface area (Å²) in [6, 6.07) is 22.3. The van der Waals surface area contributed by atoms with E-state index in [1.165, 1.54) is 0 Å². The Morgan fingerprint density at radius 1 is 1.03 bits per heavy atom. The van der Waals surface area contributed by atoms with Gasteiger partial charge in [0.05, 0.1) is 12.6 Å². The van der Waals surface area contributed by atoms with Crippen molar-refractivity contribution in [3.63, 3.8) is 0 Å². The molecule has 38 heavy (non-hydrogen) atoms. The SMILES string of the molecule is CCCOc1ccc(NC(=O)C(CC(C)C)N2C(=O)c3ccccc3C2c2c(C)[nH]c3ccccc23)cc1. The lowest BCUT2D eigenvalue weighted by Gasteiger charge is -2.34. The van der Waals surface area contributed by atoms with E-state index < -0.39 is 6.04 Å². The van der Waals surface area contributed by atoms with Gasteiger partial charge in [-0.3, -0.25) is 9.59 Å². The molecule has 1 aliphatic rings. The van der Waals surface area contributed by atoms with Crippen molar-refractivity contribution in [1.82, 2.24) is 9.88 Å². The molecule has 5 rings (SSSR count). The lowest BCUT2D eigenvalue weighted by atomic mass is 9.93. The van der Waals surface area contributed by atoms with Gasteiger partial charge in [-0.15, -0.1) is 0 Å². The van der Waals surface area contributed by atoms with Crippen LogP contribution in [0.15, 0.2) is 72.8 Å². The Balaban J connectivity index is 1.55. The molecule has 2 amide bonds. The quantitative estimate of drug-likeness (QED) is 0.259. The summed E-state index contributed by atoms with van der Waals surface area (Å²) in [5.41, 5.74) is 5.32. The highest BCUT2D eigenvalue weighted by molar-refractivity contribution is 6.05. The highest BCUT2D eigenvalue weighted by Crippen LogP contribution is 2.44. The summed E-state index contributed by atoms with van der Waals surface area (Å²) in [5.74, 6) is 0.671. The fourth-order valence-corrected chi connectivity index (χ4v) is 5.48. The highest BCUT2D eigenvalue weighted by atomic mass is 16.5. The summed E-state index contributed by atoms with van der Waals surface area (Å²) in [6.07, 6.45) is 1.47. The molecule has 6 heteroatoms. The third kappa shape index (κ3) is 4.78. The maximum Gasteiger partial charge on any atom is 0.255 e. The van der Waals surface area contributed by atoms with Crippen molar-refractivity contribution >= 4 is 28.4 Å². The van der Waals surface area contributed by atoms with Crippen LogP contribution in [0.3, 0.4) is 0 Å². The number of nitrogens with zero attached hydrogens (tertiary/aromatic N) is 1. The first-order valence-corrected chi connectivity index (χ1v) is 13.4. The van der Waals surface area contributed by atoms with E-state index in [2.05, 4.69) is 37.1 Å². The number of rotatable bonds is 9. The maximum atomic E-state index is 14.0. The number of carbonyl (C=O) groups excluding carboxylic acids is 2. The Kier molecular flexibility index (Phi) is 7.23. The Morgan fingerprint density at radius 2 is 1.74 bits per heavy atom. The number of nitrogens with one attached hydrogen (secondary N) is 2. The van der Waals surface area contributed by atoms with Gasteiger partial charge < -0.3 is 19.9 Å². The van der Waals surface area contributed by atoms with Gasteiger partial charge in [0.15, 0.2) is 0 Å². The van der Waals surface area contributed by atoms with Crippen LogP contribution in [0.5, 0.6) is 5.75 Å². The Bertz CT molecular complexity index is 1450. The summed E-state index contributed by atoms with van der Waals surface area (Å²) >= 11 is 0. The van der Waals surface area contributed by atoms with Gasteiger partial charge in [-0.2, -0.15) is 0 Å². The van der Waals surface area contributed by atoms with Gasteiger partial charge in [0.1, 0.15) is 11.8 Å². The van der Waals surface area contributed by atoms with Gasteiger partial charge in [-0.05, 0) is 67.6 Å². The molecular weight excluding hydrogens is 474 g/mol. The molecule has 3 aromatic carbocycles. The smallest absolute Gasteiger partial charge is 0.255 e. The lowest BCUT2D eigenvalue weighted by molar-refractivity contribution is -0.121. The summed E-state index contributed by atoms with van der Waals surface area (Å²) in [4.78, 5) is 33.2. The van der Waals surface area contributed by atoms with Crippen LogP contribution in [-0.4, -0.2) is 34.3 Å². The minimum Gasteiger partial charge on any atom is -0.494 e. The number of amides is 2. The lowest BCUT2D eigenvalue weighted by Crippen LogP contribution is -2.47. The molecular formula is C32H35N3O3. The van der Waals surface area contributed by atoms with Gasteiger partial charge in [0.2, 0.25) is 5.91 Å². The fraction of sp³-hybridized carbons (Fsp3) is 0.312. The first-order valence-electron chi connectivity index (χ1n) is 13.4. The van der Waals surface area contributed by atoms with Crippen LogP contribution >= 0.6 is 0 Å². The van der Waals surface area contributed by atoms with Crippen molar-refractivity contribution < 1.29 is 14.3 Å². The molecule has 4 aromatic rings. The van der Waals surface area contributed by atoms with Crippen LogP contribution in [0.25, 0.3) is 10.9 Å². The number of hydrogen-bond acceptors (Lipinski definition) is 3. The number of hydrogen-bond donors (Lipinski definition) is 2. The Morgan fingerprint density at radius 3 is 2.47 bits per heavy atom. The van der Waals surface area contributed by atoms with Crippen molar-refractivity contribution in [2.24, 2.45) is 5.92 Å². The molecule has 0 radical (unpaired) electrons. The number of aryl methyl sites for hydroxylation is 1. The molecule has 0 aliphatic carbocycles. The Hall–Kier alpha value is -4.06. The minimum absolute atomic E-state index is 0.112. The number of aromatic amines is 1. The standard InChI is InChI=1S/C32H35N3O3/c1-5-18-38-23-16-14-22(15-17-23)34-31(36)28(19-20(2)3)35-30(24-10-6-7-11-25(24)32(35)37)29-21(4)33-27-13-9-8-12-26(27)29/h6-17,20,28,30,33H,5,18-19H2,1-4H3,(H,34,36). The zero-order valence-corrected chi connectivity index (χ0v) is 22.5. The van der Waals surface area contributed by atoms with E-state index in [0.29, 0.717) is 24.3 Å².